The molecular formula is C4H4Cl2O. The number of Topliss-reactive ketones (excluding diaryl/α,β-unsaturated/α-hetero) is 1. The van der Waals surface area contributed by atoms with Gasteiger partial charge in [0.25, 0.3) is 0 Å². The van der Waals surface area contributed by atoms with Crippen molar-refractivity contribution in [1.82, 2.24) is 0 Å². The van der Waals surface area contributed by atoms with E-state index in [1.807, 2.05) is 0 Å². The molecule has 40 valence electrons. The summed E-state index contributed by atoms with van der Waals surface area (Å²) in [6.07, 6.45) is 0. The molecule has 0 aromatic carbocycles. The van der Waals surface area contributed by atoms with Crippen molar-refractivity contribution in [3.05, 3.63) is 10.6 Å². The van der Waals surface area contributed by atoms with Gasteiger partial charge in [-0.05, 0) is 0 Å². The smallest absolute Gasteiger partial charge is 0.172 e. The first-order valence-corrected chi connectivity index (χ1v) is 2.46. The van der Waals surface area contributed by atoms with E-state index in [1.165, 1.54) is 6.92 Å². The number of ketones is 1. The van der Waals surface area contributed by atoms with Crippen molar-refractivity contribution in [3.8, 4) is 0 Å². The summed E-state index contributed by atoms with van der Waals surface area (Å²) in [5, 5.41) is 0.0710. The molecule has 0 fully saturated rings. The van der Waals surface area contributed by atoms with E-state index in [-0.39, 0.29) is 10.8 Å². The molecule has 0 radical (unpaired) electrons. The molecule has 0 N–H and O–H groups in total. The third-order valence-electron chi connectivity index (χ3n) is 0.432. The van der Waals surface area contributed by atoms with Crippen molar-refractivity contribution in [2.45, 2.75) is 6.92 Å². The molecule has 0 atom stereocenters. The van der Waals surface area contributed by atoms with E-state index in [2.05, 4.69) is 0 Å². The fraction of sp³-hybridized carbons (Fsp3) is 0.250. The van der Waals surface area contributed by atoms with Crippen LogP contribution in [0.25, 0.3) is 0 Å². The second-order valence-electron chi connectivity index (χ2n) is 1.01. The van der Waals surface area contributed by atoms with E-state index in [0.717, 1.165) is 5.54 Å². The summed E-state index contributed by atoms with van der Waals surface area (Å²) in [5.41, 5.74) is 1.05. The molecule has 0 amide bonds. The van der Waals surface area contributed by atoms with Crippen LogP contribution >= 0.6 is 23.2 Å². The summed E-state index contributed by atoms with van der Waals surface area (Å²) < 4.78 is 0. The standard InChI is InChI=1S/C4H4Cl2O/c1-3(7)4(6)2-5/h2H,1H3/b4-2+. The molecule has 0 aliphatic rings. The zero-order valence-electron chi connectivity index (χ0n) is 3.74. The molecule has 1 nitrogen and oxygen atoms in total. The maximum absolute atomic E-state index is 10.1. The van der Waals surface area contributed by atoms with Crippen molar-refractivity contribution in [1.29, 1.82) is 0 Å². The summed E-state index contributed by atoms with van der Waals surface area (Å²) in [5.74, 6) is -0.211. The van der Waals surface area contributed by atoms with Crippen LogP contribution in [0.1, 0.15) is 6.92 Å². The quantitative estimate of drug-likeness (QED) is 0.507. The number of allylic oxidation sites excluding steroid dienone is 1. The minimum absolute atomic E-state index is 0.0710. The summed E-state index contributed by atoms with van der Waals surface area (Å²) >= 11 is 10.2. The fourth-order valence-electron chi connectivity index (χ4n) is 0.0768. The van der Waals surface area contributed by atoms with Crippen LogP contribution in [0.2, 0.25) is 0 Å². The van der Waals surface area contributed by atoms with Crippen LogP contribution in [-0.4, -0.2) is 5.78 Å². The van der Waals surface area contributed by atoms with Crippen LogP contribution in [0.3, 0.4) is 0 Å². The molecule has 0 heterocycles. The van der Waals surface area contributed by atoms with E-state index in [9.17, 15) is 4.79 Å². The van der Waals surface area contributed by atoms with Gasteiger partial charge in [-0.25, -0.2) is 0 Å². The van der Waals surface area contributed by atoms with Crippen LogP contribution in [0.5, 0.6) is 0 Å². The highest BCUT2D eigenvalue weighted by molar-refractivity contribution is 6.46. The molecule has 3 heteroatoms. The first-order valence-electron chi connectivity index (χ1n) is 1.65. The summed E-state index contributed by atoms with van der Waals surface area (Å²) in [6, 6.07) is 0. The van der Waals surface area contributed by atoms with Gasteiger partial charge in [-0.2, -0.15) is 0 Å². The monoisotopic (exact) mass is 138 g/mol. The minimum Gasteiger partial charge on any atom is -0.293 e. The maximum atomic E-state index is 10.1. The van der Waals surface area contributed by atoms with Crippen LogP contribution in [0.15, 0.2) is 10.6 Å². The molecule has 0 aromatic heterocycles. The third-order valence-corrected chi connectivity index (χ3v) is 1.14. The third kappa shape index (κ3) is 2.66. The summed E-state index contributed by atoms with van der Waals surface area (Å²) in [6.45, 7) is 1.35. The zero-order chi connectivity index (χ0) is 5.86. The van der Waals surface area contributed by atoms with E-state index in [0.29, 0.717) is 0 Å². The summed E-state index contributed by atoms with van der Waals surface area (Å²) in [7, 11) is 0. The van der Waals surface area contributed by atoms with Crippen molar-refractivity contribution in [3.63, 3.8) is 0 Å². The molecule has 0 aliphatic carbocycles. The Hall–Kier alpha value is -0.0100. The number of hydrogen-bond acceptors (Lipinski definition) is 1. The SMILES string of the molecule is CC(=O)/C(Cl)=C\Cl. The minimum atomic E-state index is -0.211. The van der Waals surface area contributed by atoms with Crippen molar-refractivity contribution >= 4 is 29.0 Å². The van der Waals surface area contributed by atoms with Crippen LogP contribution in [0, 0.1) is 0 Å². The van der Waals surface area contributed by atoms with E-state index < -0.39 is 0 Å². The molecule has 0 unspecified atom stereocenters. The zero-order valence-corrected chi connectivity index (χ0v) is 5.25. The lowest BCUT2D eigenvalue weighted by molar-refractivity contribution is -0.113. The normalized spacial score (nSPS) is 11.6. The lowest BCUT2D eigenvalue weighted by Crippen LogP contribution is -1.85. The molecule has 0 spiro atoms. The lowest BCUT2D eigenvalue weighted by Gasteiger charge is -1.80. The Morgan fingerprint density at radius 2 is 2.14 bits per heavy atom. The first kappa shape index (κ1) is 6.99. The highest BCUT2D eigenvalue weighted by atomic mass is 35.5. The number of carbonyl (C=O) groups excluding carboxylic acids is 1. The Balaban J connectivity index is 3.82. The molecule has 0 rings (SSSR count). The molecule has 0 aromatic rings. The predicted octanol–water partition coefficient (Wildman–Crippen LogP) is 1.89. The van der Waals surface area contributed by atoms with Crippen LogP contribution < -0.4 is 0 Å². The Bertz CT molecular complexity index is 106. The lowest BCUT2D eigenvalue weighted by atomic mass is 10.4. The van der Waals surface area contributed by atoms with Gasteiger partial charge >= 0.3 is 0 Å². The highest BCUT2D eigenvalue weighted by Crippen LogP contribution is 2.02. The van der Waals surface area contributed by atoms with Crippen LogP contribution in [0.4, 0.5) is 0 Å². The molecule has 0 aliphatic heterocycles. The van der Waals surface area contributed by atoms with E-state index >= 15 is 0 Å². The first-order chi connectivity index (χ1) is 3.18. The Morgan fingerprint density at radius 1 is 1.71 bits per heavy atom. The second kappa shape index (κ2) is 3.05. The Morgan fingerprint density at radius 3 is 2.14 bits per heavy atom. The van der Waals surface area contributed by atoms with Crippen molar-refractivity contribution < 1.29 is 4.79 Å². The maximum Gasteiger partial charge on any atom is 0.172 e. The van der Waals surface area contributed by atoms with Gasteiger partial charge in [0.1, 0.15) is 0 Å². The van der Waals surface area contributed by atoms with Crippen LogP contribution in [-0.2, 0) is 4.79 Å². The van der Waals surface area contributed by atoms with Gasteiger partial charge in [0.15, 0.2) is 5.78 Å². The van der Waals surface area contributed by atoms with Crippen molar-refractivity contribution in [2.24, 2.45) is 0 Å². The molecule has 0 saturated carbocycles. The molecule has 0 bridgehead atoms. The number of rotatable bonds is 1. The Kier molecular flexibility index (Phi) is 3.05. The largest absolute Gasteiger partial charge is 0.293 e. The Labute approximate surface area is 51.9 Å². The van der Waals surface area contributed by atoms with Gasteiger partial charge in [0, 0.05) is 12.5 Å². The molecule has 7 heavy (non-hydrogen) atoms. The van der Waals surface area contributed by atoms with Gasteiger partial charge in [0.2, 0.25) is 0 Å². The average molecular weight is 139 g/mol. The van der Waals surface area contributed by atoms with Gasteiger partial charge in [-0.15, -0.1) is 0 Å². The fourth-order valence-corrected chi connectivity index (χ4v) is 0.230. The molecule has 0 saturated heterocycles. The number of hydrogen-bond donors (Lipinski definition) is 0. The average Bonchev–Trinajstić information content (AvgIpc) is 1.65. The van der Waals surface area contributed by atoms with E-state index in [4.69, 9.17) is 23.2 Å². The number of halogens is 2. The van der Waals surface area contributed by atoms with Gasteiger partial charge in [0.05, 0.1) is 5.03 Å². The van der Waals surface area contributed by atoms with Gasteiger partial charge in [-0.3, -0.25) is 4.79 Å². The summed E-state index contributed by atoms with van der Waals surface area (Å²) in [4.78, 5) is 10.1. The topological polar surface area (TPSA) is 17.1 Å². The number of carbonyl (C=O) groups is 1. The van der Waals surface area contributed by atoms with Gasteiger partial charge in [-0.1, -0.05) is 23.2 Å². The van der Waals surface area contributed by atoms with E-state index in [1.54, 1.807) is 0 Å². The van der Waals surface area contributed by atoms with Gasteiger partial charge < -0.3 is 0 Å². The second-order valence-corrected chi connectivity index (χ2v) is 1.64. The predicted molar refractivity (Wildman–Crippen MR) is 30.5 cm³/mol. The molecular weight excluding hydrogens is 135 g/mol. The highest BCUT2D eigenvalue weighted by Gasteiger charge is 1.93. The van der Waals surface area contributed by atoms with Crippen molar-refractivity contribution in [2.75, 3.05) is 0 Å².